The summed E-state index contributed by atoms with van der Waals surface area (Å²) < 4.78 is 11.0. The molecule has 1 atom stereocenters. The van der Waals surface area contributed by atoms with Crippen LogP contribution in [-0.4, -0.2) is 29.3 Å². The maximum absolute atomic E-state index is 10.6. The molecule has 19 heavy (non-hydrogen) atoms. The maximum atomic E-state index is 10.6. The fraction of sp³-hybridized carbons (Fsp3) is 0.538. The third-order valence-electron chi connectivity index (χ3n) is 3.15. The standard InChI is InChI=1S/C13H17NO5/c15-9-10-8-11(14(16)17)3-4-13(10)19-7-5-12-2-1-6-18-12/h3-4,8,12,15H,1-2,5-7,9H2. The van der Waals surface area contributed by atoms with E-state index in [1.165, 1.54) is 18.2 Å². The normalized spacial score (nSPS) is 18.5. The predicted molar refractivity (Wildman–Crippen MR) is 68.1 cm³/mol. The number of nitrogens with zero attached hydrogens (tertiary/aromatic N) is 1. The van der Waals surface area contributed by atoms with Gasteiger partial charge < -0.3 is 14.6 Å². The third kappa shape index (κ3) is 3.65. The summed E-state index contributed by atoms with van der Waals surface area (Å²) in [6.07, 6.45) is 3.18. The van der Waals surface area contributed by atoms with Gasteiger partial charge in [-0.15, -0.1) is 0 Å². The second-order valence-corrected chi connectivity index (χ2v) is 4.48. The summed E-state index contributed by atoms with van der Waals surface area (Å²) in [7, 11) is 0. The highest BCUT2D eigenvalue weighted by Gasteiger charge is 2.16. The van der Waals surface area contributed by atoms with Gasteiger partial charge in [0, 0.05) is 30.7 Å². The molecule has 0 radical (unpaired) electrons. The lowest BCUT2D eigenvalue weighted by Gasteiger charge is -2.12. The van der Waals surface area contributed by atoms with Crippen LogP contribution in [0.5, 0.6) is 5.75 Å². The van der Waals surface area contributed by atoms with E-state index in [0.717, 1.165) is 25.9 Å². The number of aliphatic hydroxyl groups excluding tert-OH is 1. The first-order valence-electron chi connectivity index (χ1n) is 6.33. The highest BCUT2D eigenvalue weighted by atomic mass is 16.6. The Morgan fingerprint density at radius 2 is 2.37 bits per heavy atom. The van der Waals surface area contributed by atoms with E-state index in [4.69, 9.17) is 9.47 Å². The summed E-state index contributed by atoms with van der Waals surface area (Å²) in [5.41, 5.74) is 0.386. The molecule has 1 heterocycles. The third-order valence-corrected chi connectivity index (χ3v) is 3.15. The molecule has 1 unspecified atom stereocenters. The van der Waals surface area contributed by atoms with Crippen LogP contribution in [0, 0.1) is 10.1 Å². The first-order chi connectivity index (χ1) is 9.20. The molecular weight excluding hydrogens is 250 g/mol. The van der Waals surface area contributed by atoms with Gasteiger partial charge in [-0.25, -0.2) is 0 Å². The summed E-state index contributed by atoms with van der Waals surface area (Å²) in [6, 6.07) is 4.24. The van der Waals surface area contributed by atoms with E-state index in [2.05, 4.69) is 0 Å². The number of hydrogen-bond acceptors (Lipinski definition) is 5. The Balaban J connectivity index is 1.93. The number of rotatable bonds is 6. The van der Waals surface area contributed by atoms with Crippen molar-refractivity contribution in [2.75, 3.05) is 13.2 Å². The Bertz CT molecular complexity index is 443. The molecule has 0 spiro atoms. The molecular formula is C13H17NO5. The molecule has 1 aliphatic heterocycles. The van der Waals surface area contributed by atoms with Gasteiger partial charge in [-0.05, 0) is 18.9 Å². The van der Waals surface area contributed by atoms with Gasteiger partial charge in [-0.2, -0.15) is 0 Å². The molecule has 104 valence electrons. The Kier molecular flexibility index (Phi) is 4.70. The van der Waals surface area contributed by atoms with Crippen molar-refractivity contribution in [2.24, 2.45) is 0 Å². The van der Waals surface area contributed by atoms with Gasteiger partial charge in [0.15, 0.2) is 0 Å². The van der Waals surface area contributed by atoms with Crippen molar-refractivity contribution < 1.29 is 19.5 Å². The number of aliphatic hydroxyl groups is 1. The van der Waals surface area contributed by atoms with E-state index in [-0.39, 0.29) is 18.4 Å². The van der Waals surface area contributed by atoms with Crippen LogP contribution in [-0.2, 0) is 11.3 Å². The quantitative estimate of drug-likeness (QED) is 0.630. The lowest BCUT2D eigenvalue weighted by atomic mass is 10.2. The number of non-ortho nitro benzene ring substituents is 1. The van der Waals surface area contributed by atoms with Crippen molar-refractivity contribution in [3.05, 3.63) is 33.9 Å². The molecule has 1 aromatic rings. The summed E-state index contributed by atoms with van der Waals surface area (Å²) in [5.74, 6) is 0.492. The average Bonchev–Trinajstić information content (AvgIpc) is 2.92. The van der Waals surface area contributed by atoms with E-state index in [0.29, 0.717) is 17.9 Å². The fourth-order valence-electron chi connectivity index (χ4n) is 2.12. The number of hydrogen-bond donors (Lipinski definition) is 1. The van der Waals surface area contributed by atoms with Crippen molar-refractivity contribution in [2.45, 2.75) is 32.0 Å². The largest absolute Gasteiger partial charge is 0.493 e. The van der Waals surface area contributed by atoms with Gasteiger partial charge in [0.25, 0.3) is 5.69 Å². The van der Waals surface area contributed by atoms with Gasteiger partial charge in [0.1, 0.15) is 5.75 Å². The number of nitro benzene ring substituents is 1. The van der Waals surface area contributed by atoms with Crippen LogP contribution in [0.15, 0.2) is 18.2 Å². The Morgan fingerprint density at radius 3 is 3.00 bits per heavy atom. The second kappa shape index (κ2) is 6.49. The smallest absolute Gasteiger partial charge is 0.270 e. The number of benzene rings is 1. The number of ether oxygens (including phenoxy) is 2. The van der Waals surface area contributed by atoms with E-state index >= 15 is 0 Å². The van der Waals surface area contributed by atoms with Crippen molar-refractivity contribution in [3.8, 4) is 5.75 Å². The lowest BCUT2D eigenvalue weighted by Crippen LogP contribution is -2.11. The summed E-state index contributed by atoms with van der Waals surface area (Å²) in [6.45, 7) is 1.01. The van der Waals surface area contributed by atoms with Crippen LogP contribution in [0.1, 0.15) is 24.8 Å². The molecule has 0 aliphatic carbocycles. The molecule has 1 aliphatic rings. The highest BCUT2D eigenvalue weighted by molar-refractivity contribution is 5.43. The van der Waals surface area contributed by atoms with Crippen molar-refractivity contribution in [1.82, 2.24) is 0 Å². The zero-order valence-corrected chi connectivity index (χ0v) is 10.6. The lowest BCUT2D eigenvalue weighted by molar-refractivity contribution is -0.385. The Labute approximate surface area is 111 Å². The molecule has 1 saturated heterocycles. The van der Waals surface area contributed by atoms with E-state index in [1.54, 1.807) is 0 Å². The minimum atomic E-state index is -0.491. The van der Waals surface area contributed by atoms with E-state index in [9.17, 15) is 15.2 Å². The van der Waals surface area contributed by atoms with E-state index in [1.807, 2.05) is 0 Å². The van der Waals surface area contributed by atoms with Gasteiger partial charge in [-0.3, -0.25) is 10.1 Å². The minimum Gasteiger partial charge on any atom is -0.493 e. The van der Waals surface area contributed by atoms with Gasteiger partial charge >= 0.3 is 0 Å². The fourth-order valence-corrected chi connectivity index (χ4v) is 2.12. The molecule has 0 amide bonds. The van der Waals surface area contributed by atoms with Crippen LogP contribution in [0.4, 0.5) is 5.69 Å². The van der Waals surface area contributed by atoms with Crippen molar-refractivity contribution >= 4 is 5.69 Å². The Morgan fingerprint density at radius 1 is 1.53 bits per heavy atom. The first-order valence-corrected chi connectivity index (χ1v) is 6.33. The van der Waals surface area contributed by atoms with Crippen LogP contribution in [0.25, 0.3) is 0 Å². The molecule has 6 heteroatoms. The topological polar surface area (TPSA) is 81.8 Å². The maximum Gasteiger partial charge on any atom is 0.270 e. The van der Waals surface area contributed by atoms with Crippen LogP contribution >= 0.6 is 0 Å². The molecule has 0 bridgehead atoms. The zero-order chi connectivity index (χ0) is 13.7. The van der Waals surface area contributed by atoms with Crippen molar-refractivity contribution in [1.29, 1.82) is 0 Å². The molecule has 2 rings (SSSR count). The zero-order valence-electron chi connectivity index (χ0n) is 10.6. The van der Waals surface area contributed by atoms with Gasteiger partial charge in [0.2, 0.25) is 0 Å². The molecule has 0 saturated carbocycles. The predicted octanol–water partition coefficient (Wildman–Crippen LogP) is 2.03. The summed E-state index contributed by atoms with van der Waals surface area (Å²) in [4.78, 5) is 10.1. The van der Waals surface area contributed by atoms with Gasteiger partial charge in [-0.1, -0.05) is 0 Å². The summed E-state index contributed by atoms with van der Waals surface area (Å²) >= 11 is 0. The summed E-state index contributed by atoms with van der Waals surface area (Å²) in [5, 5.41) is 19.8. The van der Waals surface area contributed by atoms with Crippen LogP contribution < -0.4 is 4.74 Å². The van der Waals surface area contributed by atoms with Gasteiger partial charge in [0.05, 0.1) is 24.2 Å². The first kappa shape index (κ1) is 13.8. The SMILES string of the molecule is O=[N+]([O-])c1ccc(OCCC2CCCO2)c(CO)c1. The monoisotopic (exact) mass is 267 g/mol. The number of nitro groups is 1. The molecule has 1 N–H and O–H groups in total. The molecule has 0 aromatic heterocycles. The molecule has 6 nitrogen and oxygen atoms in total. The van der Waals surface area contributed by atoms with E-state index < -0.39 is 4.92 Å². The van der Waals surface area contributed by atoms with Crippen LogP contribution in [0.2, 0.25) is 0 Å². The molecule has 1 fully saturated rings. The second-order valence-electron chi connectivity index (χ2n) is 4.48. The molecule has 1 aromatic carbocycles. The Hall–Kier alpha value is -1.66. The minimum absolute atomic E-state index is 0.0458. The highest BCUT2D eigenvalue weighted by Crippen LogP contribution is 2.25. The van der Waals surface area contributed by atoms with Crippen molar-refractivity contribution in [3.63, 3.8) is 0 Å². The van der Waals surface area contributed by atoms with Crippen LogP contribution in [0.3, 0.4) is 0 Å². The average molecular weight is 267 g/mol.